The van der Waals surface area contributed by atoms with Crippen LogP contribution in [0.25, 0.3) is 0 Å². The molecular formula is C10H9BrFNO. The highest BCUT2D eigenvalue weighted by molar-refractivity contribution is 9.10. The first-order valence-corrected chi connectivity index (χ1v) is 4.79. The lowest BCUT2D eigenvalue weighted by molar-refractivity contribution is 0.402. The van der Waals surface area contributed by atoms with Crippen LogP contribution in [0.4, 0.5) is 4.39 Å². The lowest BCUT2D eigenvalue weighted by Gasteiger charge is -2.11. The molecule has 1 rings (SSSR count). The fraction of sp³-hybridized carbons (Fsp3) is 0.300. The van der Waals surface area contributed by atoms with Crippen LogP contribution in [0, 0.1) is 24.1 Å². The Bertz CT molecular complexity index is 398. The molecule has 0 amide bonds. The van der Waals surface area contributed by atoms with Crippen molar-refractivity contribution in [3.8, 4) is 11.8 Å². The van der Waals surface area contributed by atoms with E-state index in [-0.39, 0.29) is 12.2 Å². The molecule has 1 aromatic carbocycles. The van der Waals surface area contributed by atoms with E-state index in [9.17, 15) is 4.39 Å². The zero-order chi connectivity index (χ0) is 10.7. The van der Waals surface area contributed by atoms with Crippen molar-refractivity contribution in [1.29, 1.82) is 5.26 Å². The van der Waals surface area contributed by atoms with E-state index in [1.165, 1.54) is 7.11 Å². The Labute approximate surface area is 90.4 Å². The molecule has 14 heavy (non-hydrogen) atoms. The second-order valence-electron chi connectivity index (χ2n) is 2.82. The van der Waals surface area contributed by atoms with Gasteiger partial charge in [0.05, 0.1) is 24.1 Å². The molecule has 0 aliphatic rings. The standard InChI is InChI=1S/C10H9BrFNO/c1-6-9(12)8(11)5-7(3-4-13)10(6)14-2/h5H,3H2,1-2H3. The minimum atomic E-state index is -0.344. The van der Waals surface area contributed by atoms with Gasteiger partial charge >= 0.3 is 0 Å². The lowest BCUT2D eigenvalue weighted by Crippen LogP contribution is -1.98. The third-order valence-corrected chi connectivity index (χ3v) is 2.52. The van der Waals surface area contributed by atoms with Gasteiger partial charge in [0.2, 0.25) is 0 Å². The van der Waals surface area contributed by atoms with Crippen LogP contribution in [0.2, 0.25) is 0 Å². The largest absolute Gasteiger partial charge is 0.496 e. The molecule has 74 valence electrons. The minimum absolute atomic E-state index is 0.211. The van der Waals surface area contributed by atoms with Crippen molar-refractivity contribution in [2.24, 2.45) is 0 Å². The summed E-state index contributed by atoms with van der Waals surface area (Å²) in [5, 5.41) is 8.58. The molecule has 0 atom stereocenters. The zero-order valence-corrected chi connectivity index (χ0v) is 9.48. The Morgan fingerprint density at radius 1 is 1.64 bits per heavy atom. The second kappa shape index (κ2) is 4.43. The number of methoxy groups -OCH3 is 1. The minimum Gasteiger partial charge on any atom is -0.496 e. The van der Waals surface area contributed by atoms with E-state index in [1.807, 2.05) is 6.07 Å². The molecule has 0 saturated carbocycles. The van der Waals surface area contributed by atoms with Crippen LogP contribution in [-0.4, -0.2) is 7.11 Å². The van der Waals surface area contributed by atoms with E-state index in [0.717, 1.165) is 0 Å². The van der Waals surface area contributed by atoms with Crippen LogP contribution < -0.4 is 4.74 Å². The number of halogens is 2. The number of ether oxygens (including phenoxy) is 1. The van der Waals surface area contributed by atoms with Gasteiger partial charge in [0.25, 0.3) is 0 Å². The van der Waals surface area contributed by atoms with Gasteiger partial charge in [0.15, 0.2) is 0 Å². The van der Waals surface area contributed by atoms with E-state index >= 15 is 0 Å². The van der Waals surface area contributed by atoms with Crippen molar-refractivity contribution in [2.45, 2.75) is 13.3 Å². The predicted octanol–water partition coefficient (Wildman–Crippen LogP) is 2.97. The molecule has 0 spiro atoms. The molecule has 0 heterocycles. The number of nitriles is 1. The van der Waals surface area contributed by atoms with E-state index in [0.29, 0.717) is 21.3 Å². The average molecular weight is 258 g/mol. The molecule has 0 aromatic heterocycles. The summed E-state index contributed by atoms with van der Waals surface area (Å²) in [5.74, 6) is 0.107. The first-order chi connectivity index (χ1) is 6.61. The SMILES string of the molecule is COc1c(CC#N)cc(Br)c(F)c1C. The summed E-state index contributed by atoms with van der Waals surface area (Å²) in [6.07, 6.45) is 0.211. The van der Waals surface area contributed by atoms with Crippen LogP contribution in [0.1, 0.15) is 11.1 Å². The number of hydrogen-bond acceptors (Lipinski definition) is 2. The summed E-state index contributed by atoms with van der Waals surface area (Å²) in [5.41, 5.74) is 1.12. The summed E-state index contributed by atoms with van der Waals surface area (Å²) in [4.78, 5) is 0. The quantitative estimate of drug-likeness (QED) is 0.816. The van der Waals surface area contributed by atoms with Gasteiger partial charge in [-0.1, -0.05) is 0 Å². The van der Waals surface area contributed by atoms with Gasteiger partial charge in [0.1, 0.15) is 11.6 Å². The molecule has 0 aliphatic carbocycles. The van der Waals surface area contributed by atoms with Crippen LogP contribution in [0.15, 0.2) is 10.5 Å². The number of nitrogens with zero attached hydrogens (tertiary/aromatic N) is 1. The number of hydrogen-bond donors (Lipinski definition) is 0. The maximum Gasteiger partial charge on any atom is 0.143 e. The van der Waals surface area contributed by atoms with E-state index < -0.39 is 0 Å². The first-order valence-electron chi connectivity index (χ1n) is 4.00. The summed E-state index contributed by atoms with van der Waals surface area (Å²) < 4.78 is 18.8. The molecule has 1 aromatic rings. The highest BCUT2D eigenvalue weighted by atomic mass is 79.9. The molecule has 0 N–H and O–H groups in total. The summed E-state index contributed by atoms with van der Waals surface area (Å²) in [6, 6.07) is 3.58. The van der Waals surface area contributed by atoms with Crippen molar-refractivity contribution in [2.75, 3.05) is 7.11 Å². The second-order valence-corrected chi connectivity index (χ2v) is 3.68. The lowest BCUT2D eigenvalue weighted by atomic mass is 10.1. The predicted molar refractivity (Wildman–Crippen MR) is 54.7 cm³/mol. The Hall–Kier alpha value is -1.08. The van der Waals surface area contributed by atoms with Crippen LogP contribution in [-0.2, 0) is 6.42 Å². The fourth-order valence-electron chi connectivity index (χ4n) is 1.30. The molecule has 2 nitrogen and oxygen atoms in total. The van der Waals surface area contributed by atoms with Gasteiger partial charge < -0.3 is 4.74 Å². The first kappa shape index (κ1) is 11.0. The third kappa shape index (κ3) is 1.88. The van der Waals surface area contributed by atoms with Crippen molar-refractivity contribution < 1.29 is 9.13 Å². The molecular weight excluding hydrogens is 249 g/mol. The van der Waals surface area contributed by atoms with Crippen LogP contribution >= 0.6 is 15.9 Å². The van der Waals surface area contributed by atoms with E-state index in [1.54, 1.807) is 13.0 Å². The third-order valence-electron chi connectivity index (χ3n) is 1.95. The summed E-state index contributed by atoms with van der Waals surface area (Å²) in [7, 11) is 1.47. The Balaban J connectivity index is 3.37. The van der Waals surface area contributed by atoms with Crippen molar-refractivity contribution in [3.05, 3.63) is 27.5 Å². The molecule has 0 saturated heterocycles. The molecule has 4 heteroatoms. The maximum absolute atomic E-state index is 13.4. The van der Waals surface area contributed by atoms with Gasteiger partial charge in [-0.25, -0.2) is 4.39 Å². The van der Waals surface area contributed by atoms with Gasteiger partial charge in [-0.15, -0.1) is 0 Å². The Morgan fingerprint density at radius 2 is 2.29 bits per heavy atom. The highest BCUT2D eigenvalue weighted by Crippen LogP contribution is 2.31. The zero-order valence-electron chi connectivity index (χ0n) is 7.90. The maximum atomic E-state index is 13.4. The summed E-state index contributed by atoms with van der Waals surface area (Å²) in [6.45, 7) is 1.62. The molecule has 0 unspecified atom stereocenters. The van der Waals surface area contributed by atoms with Gasteiger partial charge in [-0.2, -0.15) is 5.26 Å². The Morgan fingerprint density at radius 3 is 2.79 bits per heavy atom. The number of rotatable bonds is 2. The highest BCUT2D eigenvalue weighted by Gasteiger charge is 2.13. The monoisotopic (exact) mass is 257 g/mol. The average Bonchev–Trinajstić information content (AvgIpc) is 2.16. The molecule has 0 aliphatic heterocycles. The van der Waals surface area contributed by atoms with Crippen molar-refractivity contribution in [3.63, 3.8) is 0 Å². The molecule has 0 fully saturated rings. The normalized spacial score (nSPS) is 9.64. The van der Waals surface area contributed by atoms with Crippen LogP contribution in [0.3, 0.4) is 0 Å². The van der Waals surface area contributed by atoms with Crippen LogP contribution in [0.5, 0.6) is 5.75 Å². The van der Waals surface area contributed by atoms with E-state index in [4.69, 9.17) is 10.00 Å². The van der Waals surface area contributed by atoms with Gasteiger partial charge in [-0.3, -0.25) is 0 Å². The fourth-order valence-corrected chi connectivity index (χ4v) is 1.88. The topological polar surface area (TPSA) is 33.0 Å². The number of benzene rings is 1. The van der Waals surface area contributed by atoms with Gasteiger partial charge in [0, 0.05) is 11.1 Å². The van der Waals surface area contributed by atoms with Crippen molar-refractivity contribution in [1.82, 2.24) is 0 Å². The van der Waals surface area contributed by atoms with E-state index in [2.05, 4.69) is 15.9 Å². The summed E-state index contributed by atoms with van der Waals surface area (Å²) >= 11 is 3.09. The smallest absolute Gasteiger partial charge is 0.143 e. The van der Waals surface area contributed by atoms with Crippen molar-refractivity contribution >= 4 is 15.9 Å². The van der Waals surface area contributed by atoms with Gasteiger partial charge in [-0.05, 0) is 28.9 Å². The molecule has 0 bridgehead atoms. The molecule has 0 radical (unpaired) electrons. The Kier molecular flexibility index (Phi) is 3.48.